The highest BCUT2D eigenvalue weighted by Gasteiger charge is 2.24. The standard InChI is InChI=1S/C17H17N3O3S/c1-18-15(21)16(22)19-12-6-7-13-11(10-12)4-2-8-20(13)17(23)14-5-3-9-24-14/h3,5-7,9-10H,2,4,8H2,1H3,(H,18,21)(H,19,22). The van der Waals surface area contributed by atoms with Crippen LogP contribution in [0.5, 0.6) is 0 Å². The van der Waals surface area contributed by atoms with Crippen molar-refractivity contribution >= 4 is 40.4 Å². The summed E-state index contributed by atoms with van der Waals surface area (Å²) in [4.78, 5) is 38.1. The molecule has 0 spiro atoms. The minimum atomic E-state index is -0.709. The van der Waals surface area contributed by atoms with Crippen LogP contribution in [0.4, 0.5) is 11.4 Å². The van der Waals surface area contributed by atoms with Gasteiger partial charge in [-0.25, -0.2) is 0 Å². The van der Waals surface area contributed by atoms with Crippen LogP contribution < -0.4 is 15.5 Å². The summed E-state index contributed by atoms with van der Waals surface area (Å²) in [6.45, 7) is 0.674. The lowest BCUT2D eigenvalue weighted by atomic mass is 10.0. The highest BCUT2D eigenvalue weighted by Crippen LogP contribution is 2.31. The molecule has 0 fully saturated rings. The number of amides is 3. The minimum Gasteiger partial charge on any atom is -0.351 e. The Morgan fingerprint density at radius 2 is 2.00 bits per heavy atom. The smallest absolute Gasteiger partial charge is 0.313 e. The largest absolute Gasteiger partial charge is 0.351 e. The van der Waals surface area contributed by atoms with Gasteiger partial charge >= 0.3 is 11.8 Å². The average Bonchev–Trinajstić information content (AvgIpc) is 3.14. The predicted octanol–water partition coefficient (Wildman–Crippen LogP) is 2.03. The number of thiophene rings is 1. The van der Waals surface area contributed by atoms with Gasteiger partial charge in [0, 0.05) is 25.0 Å². The quantitative estimate of drug-likeness (QED) is 0.819. The summed E-state index contributed by atoms with van der Waals surface area (Å²) in [6, 6.07) is 9.03. The maximum absolute atomic E-state index is 12.6. The lowest BCUT2D eigenvalue weighted by Gasteiger charge is -2.29. The van der Waals surface area contributed by atoms with Gasteiger partial charge in [0.2, 0.25) is 0 Å². The maximum Gasteiger partial charge on any atom is 0.313 e. The van der Waals surface area contributed by atoms with E-state index >= 15 is 0 Å². The summed E-state index contributed by atoms with van der Waals surface area (Å²) in [5.74, 6) is -1.41. The van der Waals surface area contributed by atoms with E-state index in [4.69, 9.17) is 0 Å². The molecule has 24 heavy (non-hydrogen) atoms. The summed E-state index contributed by atoms with van der Waals surface area (Å²) in [7, 11) is 1.41. The first-order valence-corrected chi connectivity index (χ1v) is 8.49. The summed E-state index contributed by atoms with van der Waals surface area (Å²) in [6.07, 6.45) is 1.68. The Labute approximate surface area is 143 Å². The number of aryl methyl sites for hydroxylation is 1. The monoisotopic (exact) mass is 343 g/mol. The molecule has 0 aliphatic carbocycles. The van der Waals surface area contributed by atoms with E-state index in [-0.39, 0.29) is 5.91 Å². The van der Waals surface area contributed by atoms with E-state index in [1.165, 1.54) is 18.4 Å². The molecule has 1 aromatic carbocycles. The highest BCUT2D eigenvalue weighted by molar-refractivity contribution is 7.12. The Kier molecular flexibility index (Phi) is 4.61. The van der Waals surface area contributed by atoms with Crippen molar-refractivity contribution in [2.75, 3.05) is 23.8 Å². The van der Waals surface area contributed by atoms with Crippen molar-refractivity contribution in [2.45, 2.75) is 12.8 Å². The van der Waals surface area contributed by atoms with Crippen molar-refractivity contribution in [1.82, 2.24) is 5.32 Å². The first kappa shape index (κ1) is 16.2. The van der Waals surface area contributed by atoms with Gasteiger partial charge in [-0.15, -0.1) is 11.3 Å². The molecular formula is C17H17N3O3S. The van der Waals surface area contributed by atoms with Crippen molar-refractivity contribution in [3.05, 3.63) is 46.2 Å². The van der Waals surface area contributed by atoms with Crippen LogP contribution in [-0.4, -0.2) is 31.3 Å². The zero-order chi connectivity index (χ0) is 17.1. The second-order valence-corrected chi connectivity index (χ2v) is 6.36. The van der Waals surface area contributed by atoms with Crippen LogP contribution in [0.25, 0.3) is 0 Å². The van der Waals surface area contributed by atoms with E-state index < -0.39 is 11.8 Å². The zero-order valence-electron chi connectivity index (χ0n) is 13.2. The van der Waals surface area contributed by atoms with Crippen molar-refractivity contribution in [2.24, 2.45) is 0 Å². The molecule has 2 N–H and O–H groups in total. The molecule has 1 aliphatic heterocycles. The van der Waals surface area contributed by atoms with Gasteiger partial charge in [-0.05, 0) is 48.1 Å². The van der Waals surface area contributed by atoms with E-state index in [0.717, 1.165) is 24.1 Å². The van der Waals surface area contributed by atoms with Gasteiger partial charge in [0.05, 0.1) is 4.88 Å². The number of hydrogen-bond donors (Lipinski definition) is 2. The number of likely N-dealkylation sites (N-methyl/N-ethyl adjacent to an activating group) is 1. The molecule has 124 valence electrons. The number of hydrogen-bond acceptors (Lipinski definition) is 4. The number of benzene rings is 1. The zero-order valence-corrected chi connectivity index (χ0v) is 14.0. The van der Waals surface area contributed by atoms with Crippen LogP contribution >= 0.6 is 11.3 Å². The van der Waals surface area contributed by atoms with Crippen molar-refractivity contribution in [3.63, 3.8) is 0 Å². The average molecular weight is 343 g/mol. The Morgan fingerprint density at radius 3 is 2.71 bits per heavy atom. The van der Waals surface area contributed by atoms with Crippen molar-refractivity contribution < 1.29 is 14.4 Å². The molecule has 0 atom stereocenters. The third-order valence-electron chi connectivity index (χ3n) is 3.87. The molecule has 1 aliphatic rings. The molecule has 2 aromatic rings. The van der Waals surface area contributed by atoms with E-state index in [2.05, 4.69) is 10.6 Å². The predicted molar refractivity (Wildman–Crippen MR) is 93.5 cm³/mol. The first-order chi connectivity index (χ1) is 11.6. The fraction of sp³-hybridized carbons (Fsp3) is 0.235. The highest BCUT2D eigenvalue weighted by atomic mass is 32.1. The summed E-state index contributed by atoms with van der Waals surface area (Å²) in [5.41, 5.74) is 2.39. The molecule has 6 nitrogen and oxygen atoms in total. The van der Waals surface area contributed by atoms with Crippen LogP contribution in [0.15, 0.2) is 35.7 Å². The molecule has 1 aromatic heterocycles. The molecule has 0 saturated carbocycles. The summed E-state index contributed by atoms with van der Waals surface area (Å²) in [5, 5.41) is 6.73. The molecule has 3 amide bonds. The van der Waals surface area contributed by atoms with Gasteiger partial charge < -0.3 is 15.5 Å². The lowest BCUT2D eigenvalue weighted by molar-refractivity contribution is -0.135. The second kappa shape index (κ2) is 6.84. The SMILES string of the molecule is CNC(=O)C(=O)Nc1ccc2c(c1)CCCN2C(=O)c1cccs1. The van der Waals surface area contributed by atoms with Gasteiger partial charge in [-0.2, -0.15) is 0 Å². The third kappa shape index (κ3) is 3.16. The fourth-order valence-corrected chi connectivity index (χ4v) is 3.39. The maximum atomic E-state index is 12.6. The number of anilines is 2. The van der Waals surface area contributed by atoms with Gasteiger partial charge in [-0.1, -0.05) is 6.07 Å². The minimum absolute atomic E-state index is 0.00639. The van der Waals surface area contributed by atoms with Crippen LogP contribution in [0.3, 0.4) is 0 Å². The summed E-state index contributed by atoms with van der Waals surface area (Å²) < 4.78 is 0. The van der Waals surface area contributed by atoms with Gasteiger partial charge in [0.15, 0.2) is 0 Å². The second-order valence-electron chi connectivity index (χ2n) is 5.41. The lowest BCUT2D eigenvalue weighted by Crippen LogP contribution is -2.35. The Bertz CT molecular complexity index is 786. The molecular weight excluding hydrogens is 326 g/mol. The molecule has 0 bridgehead atoms. The van der Waals surface area contributed by atoms with E-state index in [0.29, 0.717) is 17.1 Å². The Balaban J connectivity index is 1.83. The molecule has 2 heterocycles. The number of fused-ring (bicyclic) bond motifs is 1. The molecule has 3 rings (SSSR count). The number of nitrogens with one attached hydrogen (secondary N) is 2. The van der Waals surface area contributed by atoms with E-state index in [1.54, 1.807) is 11.0 Å². The number of carbonyl (C=O) groups excluding carboxylic acids is 3. The number of nitrogens with zero attached hydrogens (tertiary/aromatic N) is 1. The Morgan fingerprint density at radius 1 is 1.17 bits per heavy atom. The third-order valence-corrected chi connectivity index (χ3v) is 4.72. The van der Waals surface area contributed by atoms with Gasteiger partial charge in [0.1, 0.15) is 0 Å². The Hall–Kier alpha value is -2.67. The topological polar surface area (TPSA) is 78.5 Å². The number of carbonyl (C=O) groups is 3. The summed E-state index contributed by atoms with van der Waals surface area (Å²) >= 11 is 1.42. The van der Waals surface area contributed by atoms with Crippen molar-refractivity contribution in [1.29, 1.82) is 0 Å². The van der Waals surface area contributed by atoms with Gasteiger partial charge in [-0.3, -0.25) is 14.4 Å². The van der Waals surface area contributed by atoms with Crippen LogP contribution in [0, 0.1) is 0 Å². The van der Waals surface area contributed by atoms with Crippen LogP contribution in [0.2, 0.25) is 0 Å². The van der Waals surface area contributed by atoms with Gasteiger partial charge in [0.25, 0.3) is 5.91 Å². The first-order valence-electron chi connectivity index (χ1n) is 7.61. The number of rotatable bonds is 2. The van der Waals surface area contributed by atoms with Crippen molar-refractivity contribution in [3.8, 4) is 0 Å². The van der Waals surface area contributed by atoms with Crippen LogP contribution in [-0.2, 0) is 16.0 Å². The molecule has 7 heteroatoms. The van der Waals surface area contributed by atoms with E-state index in [9.17, 15) is 14.4 Å². The molecule has 0 radical (unpaired) electrons. The van der Waals surface area contributed by atoms with Crippen LogP contribution in [0.1, 0.15) is 21.7 Å². The fourth-order valence-electron chi connectivity index (χ4n) is 2.72. The normalized spacial score (nSPS) is 13.1. The molecule has 0 saturated heterocycles. The van der Waals surface area contributed by atoms with E-state index in [1.807, 2.05) is 29.6 Å². The molecule has 0 unspecified atom stereocenters.